The minimum absolute atomic E-state index is 0.0608. The van der Waals surface area contributed by atoms with Crippen LogP contribution in [0.1, 0.15) is 29.2 Å². The maximum Gasteiger partial charge on any atom is 0.231 e. The lowest BCUT2D eigenvalue weighted by molar-refractivity contribution is 0.114. The van der Waals surface area contributed by atoms with Gasteiger partial charge in [0, 0.05) is 12.0 Å². The zero-order chi connectivity index (χ0) is 21.9. The largest absolute Gasteiger partial charge is 0.497 e. The van der Waals surface area contributed by atoms with Gasteiger partial charge in [0.25, 0.3) is 0 Å². The highest BCUT2D eigenvalue weighted by Gasteiger charge is 2.32. The van der Waals surface area contributed by atoms with Gasteiger partial charge in [0.1, 0.15) is 23.4 Å². The molecule has 0 spiro atoms. The van der Waals surface area contributed by atoms with Crippen molar-refractivity contribution in [1.29, 1.82) is 0 Å². The monoisotopic (exact) mass is 430 g/mol. The van der Waals surface area contributed by atoms with Crippen molar-refractivity contribution in [3.63, 3.8) is 0 Å². The van der Waals surface area contributed by atoms with Crippen LogP contribution in [0.15, 0.2) is 66.7 Å². The molecule has 0 amide bonds. The van der Waals surface area contributed by atoms with Crippen LogP contribution in [0.4, 0.5) is 0 Å². The Morgan fingerprint density at radius 2 is 1.50 bits per heavy atom. The fourth-order valence-electron chi connectivity index (χ4n) is 4.29. The smallest absolute Gasteiger partial charge is 0.231 e. The van der Waals surface area contributed by atoms with Crippen molar-refractivity contribution in [2.45, 2.75) is 18.9 Å². The van der Waals surface area contributed by atoms with Crippen molar-refractivity contribution in [2.75, 3.05) is 21.0 Å². The summed E-state index contributed by atoms with van der Waals surface area (Å²) in [5.74, 6) is 4.39. The molecule has 2 atom stereocenters. The van der Waals surface area contributed by atoms with E-state index in [1.807, 2.05) is 30.3 Å². The van der Waals surface area contributed by atoms with Crippen molar-refractivity contribution < 1.29 is 23.7 Å². The molecular formula is C27H26O5. The average Bonchev–Trinajstić information content (AvgIpc) is 3.30. The summed E-state index contributed by atoms with van der Waals surface area (Å²) in [5.41, 5.74) is 3.44. The maximum absolute atomic E-state index is 6.54. The Kier molecular flexibility index (Phi) is 5.63. The summed E-state index contributed by atoms with van der Waals surface area (Å²) in [4.78, 5) is 0. The molecule has 2 heterocycles. The van der Waals surface area contributed by atoms with E-state index in [1.54, 1.807) is 14.2 Å². The van der Waals surface area contributed by atoms with E-state index in [0.29, 0.717) is 0 Å². The SMILES string of the molecule is COc1ccc(/C=C/C[C@H]2Cc3cc4c(cc3O[C@@H]2c2ccc(OC)cc2)OCO4)cc1. The van der Waals surface area contributed by atoms with Crippen LogP contribution in [0, 0.1) is 5.92 Å². The molecule has 164 valence electrons. The van der Waals surface area contributed by atoms with Gasteiger partial charge in [0.2, 0.25) is 6.79 Å². The summed E-state index contributed by atoms with van der Waals surface area (Å²) in [6.45, 7) is 0.258. The highest BCUT2D eigenvalue weighted by molar-refractivity contribution is 5.54. The predicted octanol–water partition coefficient (Wildman–Crippen LogP) is 5.83. The average molecular weight is 431 g/mol. The maximum atomic E-state index is 6.54. The van der Waals surface area contributed by atoms with E-state index in [1.165, 1.54) is 0 Å². The highest BCUT2D eigenvalue weighted by atomic mass is 16.7. The molecule has 0 unspecified atom stereocenters. The number of allylic oxidation sites excluding steroid dienone is 1. The minimum atomic E-state index is -0.0608. The third-order valence-electron chi connectivity index (χ3n) is 6.03. The van der Waals surface area contributed by atoms with Gasteiger partial charge in [0.05, 0.1) is 14.2 Å². The van der Waals surface area contributed by atoms with Crippen LogP contribution in [0.3, 0.4) is 0 Å². The van der Waals surface area contributed by atoms with Gasteiger partial charge in [-0.1, -0.05) is 36.4 Å². The minimum Gasteiger partial charge on any atom is -0.497 e. The van der Waals surface area contributed by atoms with Crippen LogP contribution in [0.5, 0.6) is 28.7 Å². The number of ether oxygens (including phenoxy) is 5. The second kappa shape index (κ2) is 8.87. The molecule has 2 aliphatic rings. The first-order chi connectivity index (χ1) is 15.7. The fourth-order valence-corrected chi connectivity index (χ4v) is 4.29. The lowest BCUT2D eigenvalue weighted by Gasteiger charge is -2.34. The van der Waals surface area contributed by atoms with E-state index in [2.05, 4.69) is 42.5 Å². The van der Waals surface area contributed by atoms with Gasteiger partial charge in [0.15, 0.2) is 11.5 Å². The van der Waals surface area contributed by atoms with Gasteiger partial charge < -0.3 is 23.7 Å². The molecule has 2 aliphatic heterocycles. The van der Waals surface area contributed by atoms with Crippen molar-refractivity contribution >= 4 is 6.08 Å². The Morgan fingerprint density at radius 3 is 2.19 bits per heavy atom. The third kappa shape index (κ3) is 4.11. The summed E-state index contributed by atoms with van der Waals surface area (Å²) < 4.78 is 28.2. The molecule has 0 saturated carbocycles. The van der Waals surface area contributed by atoms with Crippen LogP contribution >= 0.6 is 0 Å². The summed E-state index contributed by atoms with van der Waals surface area (Å²) in [6, 6.07) is 20.2. The number of methoxy groups -OCH3 is 2. The standard InChI is InChI=1S/C27H26O5/c1-28-22-10-6-18(7-11-22)4-3-5-20-14-21-15-25-26(31-17-30-25)16-24(21)32-27(20)19-8-12-23(29-2)13-9-19/h3-4,6-13,15-16,20,27H,5,14,17H2,1-2H3/b4-3+/t20-,27+/m0/s1. The van der Waals surface area contributed by atoms with Crippen LogP contribution in [0.25, 0.3) is 6.08 Å². The van der Waals surface area contributed by atoms with E-state index in [4.69, 9.17) is 23.7 Å². The Bertz CT molecular complexity index is 1100. The van der Waals surface area contributed by atoms with Gasteiger partial charge in [-0.15, -0.1) is 0 Å². The molecular weight excluding hydrogens is 404 g/mol. The summed E-state index contributed by atoms with van der Waals surface area (Å²) in [7, 11) is 3.36. The first kappa shape index (κ1) is 20.3. The molecule has 5 heteroatoms. The molecule has 0 N–H and O–H groups in total. The van der Waals surface area contributed by atoms with E-state index < -0.39 is 0 Å². The normalized spacial score (nSPS) is 18.8. The van der Waals surface area contributed by atoms with E-state index in [9.17, 15) is 0 Å². The Hall–Kier alpha value is -3.60. The number of rotatable bonds is 6. The number of hydrogen-bond acceptors (Lipinski definition) is 5. The zero-order valence-electron chi connectivity index (χ0n) is 18.2. The number of fused-ring (bicyclic) bond motifs is 2. The fraction of sp³-hybridized carbons (Fsp3) is 0.259. The van der Waals surface area contributed by atoms with E-state index in [-0.39, 0.29) is 18.8 Å². The molecule has 5 rings (SSSR count). The van der Waals surface area contributed by atoms with Gasteiger partial charge in [-0.05, 0) is 59.9 Å². The third-order valence-corrected chi connectivity index (χ3v) is 6.03. The highest BCUT2D eigenvalue weighted by Crippen LogP contribution is 2.46. The lowest BCUT2D eigenvalue weighted by Crippen LogP contribution is -2.25. The van der Waals surface area contributed by atoms with Crippen molar-refractivity contribution in [3.8, 4) is 28.7 Å². The van der Waals surface area contributed by atoms with E-state index in [0.717, 1.165) is 58.3 Å². The number of hydrogen-bond donors (Lipinski definition) is 0. The van der Waals surface area contributed by atoms with Crippen molar-refractivity contribution in [2.24, 2.45) is 5.92 Å². The molecule has 0 aliphatic carbocycles. The second-order valence-electron chi connectivity index (χ2n) is 8.00. The molecule has 0 fully saturated rings. The van der Waals surface area contributed by atoms with Crippen LogP contribution in [0.2, 0.25) is 0 Å². The second-order valence-corrected chi connectivity index (χ2v) is 8.00. The predicted molar refractivity (Wildman–Crippen MR) is 123 cm³/mol. The molecule has 3 aromatic carbocycles. The molecule has 0 aromatic heterocycles. The van der Waals surface area contributed by atoms with Gasteiger partial charge in [-0.25, -0.2) is 0 Å². The molecule has 0 bridgehead atoms. The first-order valence-corrected chi connectivity index (χ1v) is 10.8. The Labute approximate surface area is 188 Å². The van der Waals surface area contributed by atoms with Crippen LogP contribution in [-0.4, -0.2) is 21.0 Å². The van der Waals surface area contributed by atoms with Gasteiger partial charge in [-0.2, -0.15) is 0 Å². The van der Waals surface area contributed by atoms with Crippen LogP contribution < -0.4 is 23.7 Å². The molecule has 3 aromatic rings. The molecule has 0 saturated heterocycles. The topological polar surface area (TPSA) is 46.2 Å². The molecule has 32 heavy (non-hydrogen) atoms. The molecule has 5 nitrogen and oxygen atoms in total. The van der Waals surface area contributed by atoms with Crippen molar-refractivity contribution in [3.05, 3.63) is 83.4 Å². The van der Waals surface area contributed by atoms with Crippen molar-refractivity contribution in [1.82, 2.24) is 0 Å². The van der Waals surface area contributed by atoms with Gasteiger partial charge in [-0.3, -0.25) is 0 Å². The quantitative estimate of drug-likeness (QED) is 0.492. The summed E-state index contributed by atoms with van der Waals surface area (Å²) in [6.07, 6.45) is 6.10. The first-order valence-electron chi connectivity index (χ1n) is 10.8. The van der Waals surface area contributed by atoms with Gasteiger partial charge >= 0.3 is 0 Å². The van der Waals surface area contributed by atoms with Crippen LogP contribution in [-0.2, 0) is 6.42 Å². The zero-order valence-corrected chi connectivity index (χ0v) is 18.2. The number of benzene rings is 3. The summed E-state index contributed by atoms with van der Waals surface area (Å²) >= 11 is 0. The Morgan fingerprint density at radius 1 is 0.844 bits per heavy atom. The lowest BCUT2D eigenvalue weighted by atomic mass is 9.84. The van der Waals surface area contributed by atoms with E-state index >= 15 is 0 Å². The molecule has 0 radical (unpaired) electrons. The Balaban J connectivity index is 1.40. The summed E-state index contributed by atoms with van der Waals surface area (Å²) in [5, 5.41) is 0.